The number of anilines is 3. The molecule has 0 saturated heterocycles. The van der Waals surface area contributed by atoms with Crippen LogP contribution in [0, 0.1) is 0 Å². The molecule has 0 spiro atoms. The summed E-state index contributed by atoms with van der Waals surface area (Å²) in [7, 11) is 0. The van der Waals surface area contributed by atoms with E-state index < -0.39 is 0 Å². The first kappa shape index (κ1) is 13.0. The molecule has 0 unspecified atom stereocenters. The third-order valence-electron chi connectivity index (χ3n) is 1.53. The monoisotopic (exact) mass is 255 g/mol. The molecule has 0 saturated carbocycles. The van der Waals surface area contributed by atoms with Gasteiger partial charge in [-0.15, -0.1) is 50.3 Å². The van der Waals surface area contributed by atoms with Crippen molar-refractivity contribution in [3.63, 3.8) is 0 Å². The zero-order chi connectivity index (χ0) is 9.46. The second kappa shape index (κ2) is 4.45. The van der Waals surface area contributed by atoms with E-state index in [-0.39, 0.29) is 12.4 Å². The van der Waals surface area contributed by atoms with Gasteiger partial charge in [-0.25, -0.2) is 0 Å². The summed E-state index contributed by atoms with van der Waals surface area (Å²) < 4.78 is 0. The fourth-order valence-corrected chi connectivity index (χ4v) is 1.71. The van der Waals surface area contributed by atoms with E-state index in [4.69, 9.17) is 17.2 Å². The highest BCUT2D eigenvalue weighted by Crippen LogP contribution is 2.40. The molecule has 1 rings (SSSR count). The van der Waals surface area contributed by atoms with E-state index >= 15 is 0 Å². The number of hydrogen-bond donors (Lipinski definition) is 6. The number of benzene rings is 1. The summed E-state index contributed by atoms with van der Waals surface area (Å²) in [6.07, 6.45) is 0. The van der Waals surface area contributed by atoms with Crippen molar-refractivity contribution in [3.05, 3.63) is 0 Å². The Hall–Kier alpha value is -0.0400. The van der Waals surface area contributed by atoms with Crippen LogP contribution in [0.4, 0.5) is 17.1 Å². The average Bonchev–Trinajstić information content (AvgIpc) is 2.08. The quantitative estimate of drug-likeness (QED) is 0.316. The summed E-state index contributed by atoms with van der Waals surface area (Å²) in [5.74, 6) is 0. The molecule has 0 radical (unpaired) electrons. The second-order valence-corrected chi connectivity index (χ2v) is 3.63. The first-order valence-corrected chi connectivity index (χ1v) is 4.38. The molecule has 0 atom stereocenters. The topological polar surface area (TPSA) is 78.1 Å². The van der Waals surface area contributed by atoms with Crippen LogP contribution in [-0.2, 0) is 0 Å². The summed E-state index contributed by atoms with van der Waals surface area (Å²) in [5.41, 5.74) is 18.0. The van der Waals surface area contributed by atoms with Gasteiger partial charge in [0.05, 0.1) is 31.7 Å². The highest BCUT2D eigenvalue weighted by Gasteiger charge is 2.12. The Kier molecular flexibility index (Phi) is 4.44. The van der Waals surface area contributed by atoms with Crippen LogP contribution in [0.15, 0.2) is 14.7 Å². The highest BCUT2D eigenvalue weighted by atomic mass is 35.5. The van der Waals surface area contributed by atoms with Gasteiger partial charge in [0.15, 0.2) is 0 Å². The van der Waals surface area contributed by atoms with E-state index in [0.29, 0.717) is 31.7 Å². The van der Waals surface area contributed by atoms with E-state index in [1.807, 2.05) is 0 Å². The van der Waals surface area contributed by atoms with Gasteiger partial charge in [0.1, 0.15) is 0 Å². The Morgan fingerprint density at radius 3 is 0.923 bits per heavy atom. The minimum atomic E-state index is 0. The van der Waals surface area contributed by atoms with Gasteiger partial charge in [-0.2, -0.15) is 0 Å². The van der Waals surface area contributed by atoms with Crippen molar-refractivity contribution in [1.82, 2.24) is 0 Å². The minimum absolute atomic E-state index is 0. The predicted octanol–water partition coefficient (Wildman–Crippen LogP) is 1.72. The van der Waals surface area contributed by atoms with Crippen molar-refractivity contribution in [2.45, 2.75) is 14.7 Å². The molecule has 0 aliphatic carbocycles. The van der Waals surface area contributed by atoms with Crippen molar-refractivity contribution >= 4 is 67.4 Å². The molecule has 0 aliphatic heterocycles. The third kappa shape index (κ3) is 2.07. The maximum atomic E-state index is 5.61. The number of halogens is 1. The average molecular weight is 256 g/mol. The van der Waals surface area contributed by atoms with Crippen LogP contribution in [0.5, 0.6) is 0 Å². The van der Waals surface area contributed by atoms with Crippen molar-refractivity contribution in [3.8, 4) is 0 Å². The number of rotatable bonds is 0. The molecule has 0 heterocycles. The first-order chi connectivity index (χ1) is 5.46. The molecule has 0 amide bonds. The van der Waals surface area contributed by atoms with Crippen LogP contribution in [-0.4, -0.2) is 0 Å². The van der Waals surface area contributed by atoms with Gasteiger partial charge in [0.25, 0.3) is 0 Å². The Bertz CT molecular complexity index is 237. The number of thiol groups is 3. The largest absolute Gasteiger partial charge is 0.397 e. The van der Waals surface area contributed by atoms with Gasteiger partial charge in [-0.3, -0.25) is 0 Å². The molecule has 1 aromatic rings. The van der Waals surface area contributed by atoms with E-state index in [0.717, 1.165) is 0 Å². The van der Waals surface area contributed by atoms with Crippen LogP contribution >= 0.6 is 50.3 Å². The maximum absolute atomic E-state index is 5.61. The predicted molar refractivity (Wildman–Crippen MR) is 68.7 cm³/mol. The fraction of sp³-hybridized carbons (Fsp3) is 0. The van der Waals surface area contributed by atoms with Crippen LogP contribution in [0.25, 0.3) is 0 Å². The molecule has 0 aromatic heterocycles. The fourth-order valence-electron chi connectivity index (χ4n) is 0.772. The lowest BCUT2D eigenvalue weighted by atomic mass is 10.2. The Morgan fingerprint density at radius 1 is 0.615 bits per heavy atom. The minimum Gasteiger partial charge on any atom is -0.397 e. The Morgan fingerprint density at radius 2 is 0.769 bits per heavy atom. The van der Waals surface area contributed by atoms with Crippen LogP contribution < -0.4 is 17.2 Å². The second-order valence-electron chi connectivity index (χ2n) is 2.29. The van der Waals surface area contributed by atoms with Gasteiger partial charge >= 0.3 is 0 Å². The summed E-state index contributed by atoms with van der Waals surface area (Å²) in [6, 6.07) is 0. The van der Waals surface area contributed by atoms with E-state index in [9.17, 15) is 0 Å². The maximum Gasteiger partial charge on any atom is 0.0628 e. The van der Waals surface area contributed by atoms with E-state index in [1.54, 1.807) is 0 Å². The van der Waals surface area contributed by atoms with Gasteiger partial charge in [0.2, 0.25) is 0 Å². The van der Waals surface area contributed by atoms with Gasteiger partial charge in [0, 0.05) is 0 Å². The molecule has 6 N–H and O–H groups in total. The van der Waals surface area contributed by atoms with Gasteiger partial charge < -0.3 is 17.2 Å². The van der Waals surface area contributed by atoms with Crippen molar-refractivity contribution in [2.24, 2.45) is 0 Å². The Labute approximate surface area is 99.1 Å². The molecular formula is C6H10ClN3S3. The SMILES string of the molecule is Cl.Nc1c(S)c(N)c(S)c(N)c1S. The molecule has 7 heteroatoms. The molecule has 0 fully saturated rings. The van der Waals surface area contributed by atoms with Crippen LogP contribution in [0.2, 0.25) is 0 Å². The third-order valence-corrected chi connectivity index (χ3v) is 2.98. The molecule has 0 aliphatic rings. The van der Waals surface area contributed by atoms with Crippen LogP contribution in [0.3, 0.4) is 0 Å². The number of nitrogen functional groups attached to an aromatic ring is 3. The zero-order valence-electron chi connectivity index (χ0n) is 6.48. The van der Waals surface area contributed by atoms with E-state index in [2.05, 4.69) is 37.9 Å². The normalized spacial score (nSPS) is 9.46. The zero-order valence-corrected chi connectivity index (χ0v) is 9.98. The lowest BCUT2D eigenvalue weighted by molar-refractivity contribution is 1.28. The first-order valence-electron chi connectivity index (χ1n) is 3.04. The molecule has 1 aromatic carbocycles. The molecule has 74 valence electrons. The standard InChI is InChI=1S/C6H9N3S3.ClH/c7-1-4(10)2(8)6(12)3(9)5(1)11;/h10-12H,7-9H2;1H. The lowest BCUT2D eigenvalue weighted by Crippen LogP contribution is -2.01. The Balaban J connectivity index is 0.00000144. The molecular weight excluding hydrogens is 246 g/mol. The van der Waals surface area contributed by atoms with Crippen molar-refractivity contribution in [2.75, 3.05) is 17.2 Å². The summed E-state index contributed by atoms with van der Waals surface area (Å²) >= 11 is 12.3. The molecule has 13 heavy (non-hydrogen) atoms. The highest BCUT2D eigenvalue weighted by molar-refractivity contribution is 7.82. The van der Waals surface area contributed by atoms with Crippen molar-refractivity contribution in [1.29, 1.82) is 0 Å². The van der Waals surface area contributed by atoms with Crippen molar-refractivity contribution < 1.29 is 0 Å². The summed E-state index contributed by atoms with van der Waals surface area (Å²) in [6.45, 7) is 0. The molecule has 0 bridgehead atoms. The lowest BCUT2D eigenvalue weighted by Gasteiger charge is -2.12. The number of hydrogen-bond acceptors (Lipinski definition) is 6. The number of nitrogens with two attached hydrogens (primary N) is 3. The smallest absolute Gasteiger partial charge is 0.0628 e. The van der Waals surface area contributed by atoms with Crippen LogP contribution in [0.1, 0.15) is 0 Å². The van der Waals surface area contributed by atoms with Gasteiger partial charge in [-0.05, 0) is 0 Å². The van der Waals surface area contributed by atoms with E-state index in [1.165, 1.54) is 0 Å². The summed E-state index contributed by atoms with van der Waals surface area (Å²) in [4.78, 5) is 1.41. The van der Waals surface area contributed by atoms with Gasteiger partial charge in [-0.1, -0.05) is 0 Å². The molecule has 3 nitrogen and oxygen atoms in total. The summed E-state index contributed by atoms with van der Waals surface area (Å²) in [5, 5.41) is 0.